The Hall–Kier alpha value is -3.35. The minimum atomic E-state index is -0.680. The van der Waals surface area contributed by atoms with Gasteiger partial charge in [-0.3, -0.25) is 5.01 Å². The highest BCUT2D eigenvalue weighted by molar-refractivity contribution is 6.00. The maximum absolute atomic E-state index is 13.3. The number of rotatable bonds is 4. The molecule has 2 aromatic carbocycles. The third kappa shape index (κ3) is 3.01. The Kier molecular flexibility index (Phi) is 4.50. The van der Waals surface area contributed by atoms with Gasteiger partial charge in [0.25, 0.3) is 0 Å². The maximum atomic E-state index is 13.3. The third-order valence-electron chi connectivity index (χ3n) is 4.49. The van der Waals surface area contributed by atoms with Crippen molar-refractivity contribution in [1.82, 2.24) is 14.6 Å². The molecule has 0 radical (unpaired) electrons. The minimum absolute atomic E-state index is 0.277. The lowest BCUT2D eigenvalue weighted by Gasteiger charge is -2.37. The molecule has 7 nitrogen and oxygen atoms in total. The molecule has 0 fully saturated rings. The largest absolute Gasteiger partial charge is 0.448 e. The predicted molar refractivity (Wildman–Crippen MR) is 101 cm³/mol. The van der Waals surface area contributed by atoms with E-state index < -0.39 is 12.1 Å². The van der Waals surface area contributed by atoms with Crippen LogP contribution in [0.5, 0.6) is 0 Å². The first-order valence-corrected chi connectivity index (χ1v) is 9.00. The van der Waals surface area contributed by atoms with Gasteiger partial charge >= 0.3 is 12.1 Å². The van der Waals surface area contributed by atoms with E-state index >= 15 is 0 Å². The molecule has 1 aliphatic rings. The van der Waals surface area contributed by atoms with E-state index in [9.17, 15) is 9.59 Å². The number of imidazole rings is 1. The molecular weight excluding hydrogens is 344 g/mol. The molecule has 4 rings (SSSR count). The van der Waals surface area contributed by atoms with Crippen LogP contribution < -0.4 is 5.01 Å². The molecule has 0 unspecified atom stereocenters. The number of unbranched alkanes of at least 4 members (excludes halogenated alkanes) is 1. The molecule has 0 bridgehead atoms. The topological polar surface area (TPSA) is 67.7 Å². The number of anilines is 1. The molecule has 1 aliphatic heterocycles. The van der Waals surface area contributed by atoms with Crippen LogP contribution in [0.15, 0.2) is 54.6 Å². The molecule has 2 heterocycles. The van der Waals surface area contributed by atoms with E-state index in [0.29, 0.717) is 11.3 Å². The van der Waals surface area contributed by atoms with E-state index in [1.165, 1.54) is 4.57 Å². The molecule has 2 amide bonds. The fourth-order valence-corrected chi connectivity index (χ4v) is 3.15. The summed E-state index contributed by atoms with van der Waals surface area (Å²) in [7, 11) is 0. The van der Waals surface area contributed by atoms with Crippen molar-refractivity contribution in [2.24, 2.45) is 0 Å². The molecular formula is C20H20N4O3. The summed E-state index contributed by atoms with van der Waals surface area (Å²) in [4.78, 5) is 30.6. The van der Waals surface area contributed by atoms with Crippen molar-refractivity contribution in [3.05, 3.63) is 60.4 Å². The lowest BCUT2D eigenvalue weighted by atomic mass is 10.3. The normalized spacial score (nSPS) is 13.7. The maximum Gasteiger partial charge on any atom is 0.437 e. The lowest BCUT2D eigenvalue weighted by Crippen LogP contribution is -2.55. The van der Waals surface area contributed by atoms with E-state index in [1.54, 1.807) is 5.01 Å². The number of benzene rings is 2. The number of fused-ring (bicyclic) bond motifs is 3. The Morgan fingerprint density at radius 3 is 2.63 bits per heavy atom. The van der Waals surface area contributed by atoms with Gasteiger partial charge in [0.15, 0.2) is 0 Å². The number of hydrogen-bond acceptors (Lipinski definition) is 5. The van der Waals surface area contributed by atoms with Gasteiger partial charge in [0.2, 0.25) is 0 Å². The zero-order valence-corrected chi connectivity index (χ0v) is 15.0. The van der Waals surface area contributed by atoms with Gasteiger partial charge in [0.1, 0.15) is 5.82 Å². The Bertz CT molecular complexity index is 983. The average Bonchev–Trinajstić information content (AvgIpc) is 3.07. The second-order valence-corrected chi connectivity index (χ2v) is 6.31. The average molecular weight is 364 g/mol. The van der Waals surface area contributed by atoms with Gasteiger partial charge in [-0.25, -0.2) is 19.1 Å². The van der Waals surface area contributed by atoms with Crippen LogP contribution in [-0.2, 0) is 11.3 Å². The van der Waals surface area contributed by atoms with Crippen LogP contribution in [0.3, 0.4) is 0 Å². The fraction of sp³-hybridized carbons (Fsp3) is 0.250. The highest BCUT2D eigenvalue weighted by atomic mass is 16.6. The first kappa shape index (κ1) is 17.1. The van der Waals surface area contributed by atoms with Crippen LogP contribution in [-0.4, -0.2) is 33.3 Å². The van der Waals surface area contributed by atoms with E-state index in [4.69, 9.17) is 4.74 Å². The summed E-state index contributed by atoms with van der Waals surface area (Å²) in [6, 6.07) is 16.2. The van der Waals surface area contributed by atoms with E-state index in [-0.39, 0.29) is 13.2 Å². The van der Waals surface area contributed by atoms with Crippen molar-refractivity contribution in [2.75, 3.05) is 11.6 Å². The molecule has 27 heavy (non-hydrogen) atoms. The summed E-state index contributed by atoms with van der Waals surface area (Å²) < 4.78 is 6.82. The number of carbonyl (C=O) groups excluding carboxylic acids is 2. The molecule has 0 saturated heterocycles. The summed E-state index contributed by atoms with van der Waals surface area (Å²) >= 11 is 0. The molecule has 0 atom stereocenters. The lowest BCUT2D eigenvalue weighted by molar-refractivity contribution is 0.101. The molecule has 138 valence electrons. The van der Waals surface area contributed by atoms with Gasteiger partial charge < -0.3 is 4.74 Å². The van der Waals surface area contributed by atoms with Crippen molar-refractivity contribution in [3.63, 3.8) is 0 Å². The predicted octanol–water partition coefficient (Wildman–Crippen LogP) is 4.18. The number of nitrogens with zero attached hydrogens (tertiary/aromatic N) is 4. The molecule has 0 aliphatic carbocycles. The Balaban J connectivity index is 1.77. The van der Waals surface area contributed by atoms with Crippen molar-refractivity contribution in [1.29, 1.82) is 0 Å². The second-order valence-electron chi connectivity index (χ2n) is 6.31. The van der Waals surface area contributed by atoms with Gasteiger partial charge in [-0.2, -0.15) is 0 Å². The minimum Gasteiger partial charge on any atom is -0.448 e. The van der Waals surface area contributed by atoms with Crippen LogP contribution in [0, 0.1) is 0 Å². The van der Waals surface area contributed by atoms with E-state index in [1.807, 2.05) is 61.5 Å². The number of aromatic nitrogens is 2. The number of carbonyl (C=O) groups is 2. The number of hydrazine groups is 1. The fourth-order valence-electron chi connectivity index (χ4n) is 3.15. The monoisotopic (exact) mass is 364 g/mol. The quantitative estimate of drug-likeness (QED) is 0.650. The first-order valence-electron chi connectivity index (χ1n) is 9.00. The number of imide groups is 1. The SMILES string of the molecule is CCCCOC(=O)N1C(=O)n2c(nc3ccccc32)CN1c1ccccc1. The van der Waals surface area contributed by atoms with Crippen molar-refractivity contribution < 1.29 is 14.3 Å². The standard InChI is InChI=1S/C20H20N4O3/c1-2-3-13-27-20(26)24-19(25)23-17-12-8-7-11-16(17)21-18(23)14-22(24)15-9-5-4-6-10-15/h4-12H,2-3,13-14H2,1H3. The molecule has 0 N–H and O–H groups in total. The zero-order chi connectivity index (χ0) is 18.8. The zero-order valence-electron chi connectivity index (χ0n) is 15.0. The van der Waals surface area contributed by atoms with E-state index in [2.05, 4.69) is 4.98 Å². The Morgan fingerprint density at radius 1 is 1.11 bits per heavy atom. The van der Waals surface area contributed by atoms with Crippen molar-refractivity contribution in [3.8, 4) is 0 Å². The molecule has 1 aromatic heterocycles. The highest BCUT2D eigenvalue weighted by Crippen LogP contribution is 2.28. The summed E-state index contributed by atoms with van der Waals surface area (Å²) in [5, 5.41) is 2.67. The van der Waals surface area contributed by atoms with Crippen molar-refractivity contribution in [2.45, 2.75) is 26.3 Å². The highest BCUT2D eigenvalue weighted by Gasteiger charge is 2.38. The number of ether oxygens (including phenoxy) is 1. The summed E-state index contributed by atoms with van der Waals surface area (Å²) in [5.41, 5.74) is 2.11. The van der Waals surface area contributed by atoms with Crippen molar-refractivity contribution >= 4 is 28.8 Å². The molecule has 0 spiro atoms. The second kappa shape index (κ2) is 7.11. The molecule has 0 saturated carbocycles. The van der Waals surface area contributed by atoms with Crippen LogP contribution >= 0.6 is 0 Å². The van der Waals surface area contributed by atoms with Crippen LogP contribution in [0.2, 0.25) is 0 Å². The van der Waals surface area contributed by atoms with Gasteiger partial charge in [-0.15, -0.1) is 5.01 Å². The van der Waals surface area contributed by atoms with E-state index in [0.717, 1.165) is 29.1 Å². The number of para-hydroxylation sites is 3. The summed E-state index contributed by atoms with van der Waals surface area (Å²) in [5.74, 6) is 0.586. The van der Waals surface area contributed by atoms with Crippen LogP contribution in [0.25, 0.3) is 11.0 Å². The third-order valence-corrected chi connectivity index (χ3v) is 4.49. The number of hydrogen-bond donors (Lipinski definition) is 0. The van der Waals surface area contributed by atoms with Crippen LogP contribution in [0.1, 0.15) is 25.6 Å². The van der Waals surface area contributed by atoms with Crippen LogP contribution in [0.4, 0.5) is 15.3 Å². The Labute approximate surface area is 156 Å². The van der Waals surface area contributed by atoms with Gasteiger partial charge in [0, 0.05) is 0 Å². The first-order chi connectivity index (χ1) is 13.2. The molecule has 3 aromatic rings. The summed E-state index contributed by atoms with van der Waals surface area (Å²) in [6.45, 7) is 2.58. The summed E-state index contributed by atoms with van der Waals surface area (Å²) in [6.07, 6.45) is 0.971. The van der Waals surface area contributed by atoms with Gasteiger partial charge in [0.05, 0.1) is 29.9 Å². The number of amides is 2. The smallest absolute Gasteiger partial charge is 0.437 e. The van der Waals surface area contributed by atoms with Gasteiger partial charge in [-0.05, 0) is 30.7 Å². The Morgan fingerprint density at radius 2 is 1.85 bits per heavy atom. The van der Waals surface area contributed by atoms with Gasteiger partial charge in [-0.1, -0.05) is 43.7 Å². The molecule has 7 heteroatoms.